The van der Waals surface area contributed by atoms with Gasteiger partial charge in [-0.05, 0) is 18.2 Å². The summed E-state index contributed by atoms with van der Waals surface area (Å²) in [6.45, 7) is 3.03. The third kappa shape index (κ3) is 4.69. The third-order valence-electron chi connectivity index (χ3n) is 2.41. The molecule has 1 aromatic rings. The van der Waals surface area contributed by atoms with Gasteiger partial charge in [0.1, 0.15) is 0 Å². The van der Waals surface area contributed by atoms with E-state index in [2.05, 4.69) is 10.6 Å². The Morgan fingerprint density at radius 1 is 1.15 bits per heavy atom. The van der Waals surface area contributed by atoms with E-state index in [4.69, 9.17) is 5.73 Å². The van der Waals surface area contributed by atoms with E-state index in [1.54, 1.807) is 24.3 Å². The van der Waals surface area contributed by atoms with Crippen molar-refractivity contribution in [3.63, 3.8) is 0 Å². The Labute approximate surface area is 117 Å². The first-order chi connectivity index (χ1) is 9.43. The maximum atomic E-state index is 11.9. The van der Waals surface area contributed by atoms with Crippen LogP contribution >= 0.6 is 0 Å². The minimum atomic E-state index is -0.553. The molecule has 0 aliphatic carbocycles. The van der Waals surface area contributed by atoms with Gasteiger partial charge in [0, 0.05) is 38.3 Å². The number of nitrogens with two attached hydrogens (primary N) is 1. The number of nitrogens with zero attached hydrogens (tertiary/aromatic N) is 1. The number of imide groups is 1. The summed E-state index contributed by atoms with van der Waals surface area (Å²) < 4.78 is 0. The maximum absolute atomic E-state index is 11.9. The second-order valence-corrected chi connectivity index (χ2v) is 4.15. The summed E-state index contributed by atoms with van der Waals surface area (Å²) in [7, 11) is 0. The predicted molar refractivity (Wildman–Crippen MR) is 76.2 cm³/mol. The molecule has 0 bridgehead atoms. The predicted octanol–water partition coefficient (Wildman–Crippen LogP) is 0.984. The minimum Gasteiger partial charge on any atom is -0.329 e. The molecule has 4 amide bonds. The Balaban J connectivity index is 2.78. The lowest BCUT2D eigenvalue weighted by molar-refractivity contribution is -0.125. The molecular formula is C13H18N4O3. The highest BCUT2D eigenvalue weighted by Gasteiger charge is 2.16. The fourth-order valence-corrected chi connectivity index (χ4v) is 1.60. The molecule has 0 aliphatic rings. The molecule has 1 aromatic carbocycles. The van der Waals surface area contributed by atoms with Crippen LogP contribution in [0.3, 0.4) is 0 Å². The van der Waals surface area contributed by atoms with Crippen molar-refractivity contribution in [2.75, 3.05) is 23.7 Å². The number of anilines is 2. The number of nitrogens with one attached hydrogen (secondary N) is 2. The van der Waals surface area contributed by atoms with Crippen LogP contribution in [0, 0.1) is 0 Å². The maximum Gasteiger partial charge on any atom is 0.328 e. The molecule has 0 aromatic heterocycles. The fourth-order valence-electron chi connectivity index (χ4n) is 1.60. The van der Waals surface area contributed by atoms with E-state index in [1.165, 1.54) is 13.8 Å². The van der Waals surface area contributed by atoms with Crippen LogP contribution in [0.4, 0.5) is 16.2 Å². The number of carbonyl (C=O) groups excluding carboxylic acids is 3. The van der Waals surface area contributed by atoms with Gasteiger partial charge in [-0.1, -0.05) is 6.07 Å². The van der Waals surface area contributed by atoms with Gasteiger partial charge in [0.15, 0.2) is 0 Å². The van der Waals surface area contributed by atoms with E-state index in [0.717, 1.165) is 4.90 Å². The van der Waals surface area contributed by atoms with Crippen LogP contribution in [0.15, 0.2) is 24.3 Å². The molecule has 0 atom stereocenters. The van der Waals surface area contributed by atoms with Crippen molar-refractivity contribution in [1.82, 2.24) is 4.90 Å². The molecular weight excluding hydrogens is 260 g/mol. The van der Waals surface area contributed by atoms with Crippen LogP contribution < -0.4 is 16.4 Å². The van der Waals surface area contributed by atoms with E-state index >= 15 is 0 Å². The second-order valence-electron chi connectivity index (χ2n) is 4.15. The molecule has 0 heterocycles. The van der Waals surface area contributed by atoms with Gasteiger partial charge in [0.05, 0.1) is 0 Å². The van der Waals surface area contributed by atoms with Crippen LogP contribution in [-0.4, -0.2) is 35.8 Å². The minimum absolute atomic E-state index is 0.145. The number of carbonyl (C=O) groups is 3. The topological polar surface area (TPSA) is 105 Å². The fraction of sp³-hybridized carbons (Fsp3) is 0.308. The lowest BCUT2D eigenvalue weighted by Crippen LogP contribution is -2.41. The number of rotatable bonds is 4. The molecule has 0 saturated heterocycles. The molecule has 1 rings (SSSR count). The van der Waals surface area contributed by atoms with Crippen LogP contribution in [0.25, 0.3) is 0 Å². The summed E-state index contributed by atoms with van der Waals surface area (Å²) in [5.41, 5.74) is 6.39. The standard InChI is InChI=1S/C13H18N4O3/c1-9(18)15-11-4-3-5-12(8-11)16-13(20)17(7-6-14)10(2)19/h3-5,8H,6-7,14H2,1-2H3,(H,15,18)(H,16,20). The molecule has 0 spiro atoms. The van der Waals surface area contributed by atoms with Gasteiger partial charge in [0.2, 0.25) is 11.8 Å². The van der Waals surface area contributed by atoms with E-state index in [-0.39, 0.29) is 24.9 Å². The second kappa shape index (κ2) is 7.25. The molecule has 0 radical (unpaired) electrons. The highest BCUT2D eigenvalue weighted by Crippen LogP contribution is 2.15. The Kier molecular flexibility index (Phi) is 5.67. The average Bonchev–Trinajstić information content (AvgIpc) is 2.34. The number of amides is 4. The molecule has 0 aliphatic heterocycles. The van der Waals surface area contributed by atoms with E-state index in [0.29, 0.717) is 11.4 Å². The average molecular weight is 278 g/mol. The lowest BCUT2D eigenvalue weighted by Gasteiger charge is -2.19. The molecule has 108 valence electrons. The quantitative estimate of drug-likeness (QED) is 0.763. The van der Waals surface area contributed by atoms with Gasteiger partial charge in [-0.25, -0.2) is 4.79 Å². The highest BCUT2D eigenvalue weighted by molar-refractivity contribution is 6.01. The Bertz CT molecular complexity index is 516. The van der Waals surface area contributed by atoms with E-state index in [9.17, 15) is 14.4 Å². The summed E-state index contributed by atoms with van der Waals surface area (Å²) in [6.07, 6.45) is 0. The van der Waals surface area contributed by atoms with Crippen molar-refractivity contribution in [3.05, 3.63) is 24.3 Å². The number of hydrogen-bond acceptors (Lipinski definition) is 4. The monoisotopic (exact) mass is 278 g/mol. The van der Waals surface area contributed by atoms with Gasteiger partial charge in [-0.2, -0.15) is 0 Å². The lowest BCUT2D eigenvalue weighted by atomic mass is 10.2. The summed E-state index contributed by atoms with van der Waals surface area (Å²) in [4.78, 5) is 35.2. The molecule has 20 heavy (non-hydrogen) atoms. The first kappa shape index (κ1) is 15.6. The smallest absolute Gasteiger partial charge is 0.328 e. The molecule has 7 heteroatoms. The van der Waals surface area contributed by atoms with Gasteiger partial charge >= 0.3 is 6.03 Å². The zero-order valence-electron chi connectivity index (χ0n) is 11.5. The normalized spacial score (nSPS) is 9.75. The van der Waals surface area contributed by atoms with Gasteiger partial charge in [-0.3, -0.25) is 14.5 Å². The third-order valence-corrected chi connectivity index (χ3v) is 2.41. The van der Waals surface area contributed by atoms with Crippen molar-refractivity contribution in [2.24, 2.45) is 5.73 Å². The van der Waals surface area contributed by atoms with Crippen LogP contribution in [0.1, 0.15) is 13.8 Å². The van der Waals surface area contributed by atoms with Crippen molar-refractivity contribution in [3.8, 4) is 0 Å². The Morgan fingerprint density at radius 2 is 1.75 bits per heavy atom. The highest BCUT2D eigenvalue weighted by atomic mass is 16.2. The zero-order valence-corrected chi connectivity index (χ0v) is 11.5. The summed E-state index contributed by atoms with van der Waals surface area (Å²) in [5, 5.41) is 5.19. The molecule has 0 fully saturated rings. The Hall–Kier alpha value is -2.41. The number of hydrogen-bond donors (Lipinski definition) is 3. The van der Waals surface area contributed by atoms with Crippen LogP contribution in [0.5, 0.6) is 0 Å². The van der Waals surface area contributed by atoms with Crippen molar-refractivity contribution < 1.29 is 14.4 Å². The SMILES string of the molecule is CC(=O)Nc1cccc(NC(=O)N(CCN)C(C)=O)c1. The molecule has 7 nitrogen and oxygen atoms in total. The van der Waals surface area contributed by atoms with Crippen molar-refractivity contribution >= 4 is 29.2 Å². The van der Waals surface area contributed by atoms with Crippen LogP contribution in [0.2, 0.25) is 0 Å². The first-order valence-electron chi connectivity index (χ1n) is 6.11. The van der Waals surface area contributed by atoms with Crippen molar-refractivity contribution in [1.29, 1.82) is 0 Å². The summed E-state index contributed by atoms with van der Waals surface area (Å²) >= 11 is 0. The van der Waals surface area contributed by atoms with E-state index in [1.807, 2.05) is 0 Å². The summed E-state index contributed by atoms with van der Waals surface area (Å²) in [5.74, 6) is -0.590. The van der Waals surface area contributed by atoms with E-state index < -0.39 is 6.03 Å². The van der Waals surface area contributed by atoms with Gasteiger partial charge in [0.25, 0.3) is 0 Å². The van der Waals surface area contributed by atoms with Crippen molar-refractivity contribution in [2.45, 2.75) is 13.8 Å². The summed E-state index contributed by atoms with van der Waals surface area (Å²) in [6, 6.07) is 6.08. The first-order valence-corrected chi connectivity index (χ1v) is 6.11. The van der Waals surface area contributed by atoms with Gasteiger partial charge < -0.3 is 16.4 Å². The zero-order chi connectivity index (χ0) is 15.1. The molecule has 0 saturated carbocycles. The number of benzene rings is 1. The number of urea groups is 1. The Morgan fingerprint density at radius 3 is 2.25 bits per heavy atom. The molecule has 0 unspecified atom stereocenters. The van der Waals surface area contributed by atoms with Gasteiger partial charge in [-0.15, -0.1) is 0 Å². The van der Waals surface area contributed by atoms with Crippen LogP contribution in [-0.2, 0) is 9.59 Å². The molecule has 4 N–H and O–H groups in total. The largest absolute Gasteiger partial charge is 0.329 e.